The molecule has 0 unspecified atom stereocenters. The van der Waals surface area contributed by atoms with Crippen LogP contribution in [0.4, 0.5) is 10.2 Å². The van der Waals surface area contributed by atoms with Crippen LogP contribution in [-0.4, -0.2) is 16.5 Å². The van der Waals surface area contributed by atoms with E-state index in [0.717, 1.165) is 18.8 Å². The highest BCUT2D eigenvalue weighted by molar-refractivity contribution is 6.30. The Morgan fingerprint density at radius 2 is 2.17 bits per heavy atom. The van der Waals surface area contributed by atoms with Gasteiger partial charge in [0.05, 0.1) is 5.02 Å². The molecule has 0 atom stereocenters. The molecule has 0 aliphatic rings. The molecule has 0 fully saturated rings. The molecule has 0 saturated heterocycles. The number of hydrogen-bond acceptors (Lipinski definition) is 3. The number of halogens is 2. The van der Waals surface area contributed by atoms with E-state index in [9.17, 15) is 4.39 Å². The van der Waals surface area contributed by atoms with Crippen LogP contribution in [0.3, 0.4) is 0 Å². The lowest BCUT2D eigenvalue weighted by Gasteiger charge is -2.06. The van der Waals surface area contributed by atoms with Crippen molar-refractivity contribution in [3.05, 3.63) is 41.3 Å². The Morgan fingerprint density at radius 1 is 1.33 bits per heavy atom. The third-order valence-corrected chi connectivity index (χ3v) is 2.70. The predicted molar refractivity (Wildman–Crippen MR) is 71.2 cm³/mol. The van der Waals surface area contributed by atoms with Crippen molar-refractivity contribution in [2.45, 2.75) is 13.3 Å². The second kappa shape index (κ2) is 5.78. The van der Waals surface area contributed by atoms with Crippen LogP contribution < -0.4 is 5.32 Å². The molecule has 1 N–H and O–H groups in total. The van der Waals surface area contributed by atoms with E-state index in [0.29, 0.717) is 11.4 Å². The van der Waals surface area contributed by atoms with Gasteiger partial charge in [0.15, 0.2) is 5.82 Å². The summed E-state index contributed by atoms with van der Waals surface area (Å²) >= 11 is 5.64. The number of nitrogens with one attached hydrogen (secondary N) is 1. The number of aromatic nitrogens is 2. The molecule has 0 bridgehead atoms. The fraction of sp³-hybridized carbons (Fsp3) is 0.231. The van der Waals surface area contributed by atoms with Gasteiger partial charge >= 0.3 is 0 Å². The summed E-state index contributed by atoms with van der Waals surface area (Å²) < 4.78 is 13.4. The van der Waals surface area contributed by atoms with E-state index < -0.39 is 5.82 Å². The molecule has 0 radical (unpaired) electrons. The van der Waals surface area contributed by atoms with Crippen molar-refractivity contribution >= 4 is 17.4 Å². The van der Waals surface area contributed by atoms with Crippen molar-refractivity contribution in [1.29, 1.82) is 0 Å². The Kier molecular flexibility index (Phi) is 4.10. The fourth-order valence-corrected chi connectivity index (χ4v) is 1.60. The molecule has 0 aliphatic carbocycles. The molecule has 18 heavy (non-hydrogen) atoms. The van der Waals surface area contributed by atoms with Gasteiger partial charge in [-0.05, 0) is 30.7 Å². The molecule has 1 aromatic carbocycles. The zero-order valence-corrected chi connectivity index (χ0v) is 10.7. The number of rotatable bonds is 4. The Balaban J connectivity index is 2.29. The molecule has 1 aromatic heterocycles. The van der Waals surface area contributed by atoms with Gasteiger partial charge in [-0.3, -0.25) is 0 Å². The molecule has 2 aromatic rings. The highest BCUT2D eigenvalue weighted by Gasteiger charge is 2.06. The highest BCUT2D eigenvalue weighted by Crippen LogP contribution is 2.22. The van der Waals surface area contributed by atoms with Crippen molar-refractivity contribution in [2.75, 3.05) is 11.9 Å². The molecular weight excluding hydrogens is 253 g/mol. The lowest BCUT2D eigenvalue weighted by molar-refractivity contribution is 0.628. The topological polar surface area (TPSA) is 37.8 Å². The number of hydrogen-bond donors (Lipinski definition) is 1. The number of anilines is 1. The monoisotopic (exact) mass is 265 g/mol. The van der Waals surface area contributed by atoms with Gasteiger partial charge in [-0.1, -0.05) is 18.5 Å². The minimum Gasteiger partial charge on any atom is -0.370 e. The summed E-state index contributed by atoms with van der Waals surface area (Å²) in [5, 5.41) is 3.26. The molecule has 1 heterocycles. The van der Waals surface area contributed by atoms with Gasteiger partial charge in [0.25, 0.3) is 0 Å². The van der Waals surface area contributed by atoms with Crippen LogP contribution in [0.2, 0.25) is 5.02 Å². The van der Waals surface area contributed by atoms with E-state index in [2.05, 4.69) is 22.2 Å². The second-order valence-electron chi connectivity index (χ2n) is 3.82. The van der Waals surface area contributed by atoms with E-state index in [-0.39, 0.29) is 5.02 Å². The van der Waals surface area contributed by atoms with Crippen molar-refractivity contribution in [3.8, 4) is 11.4 Å². The van der Waals surface area contributed by atoms with Crippen LogP contribution >= 0.6 is 11.6 Å². The molecule has 0 saturated carbocycles. The van der Waals surface area contributed by atoms with Crippen LogP contribution in [0.25, 0.3) is 11.4 Å². The first kappa shape index (κ1) is 12.8. The summed E-state index contributed by atoms with van der Waals surface area (Å²) in [5.41, 5.74) is 0.608. The quantitative estimate of drug-likeness (QED) is 0.915. The second-order valence-corrected chi connectivity index (χ2v) is 4.23. The van der Waals surface area contributed by atoms with Crippen LogP contribution in [0, 0.1) is 5.82 Å². The first-order chi connectivity index (χ1) is 8.70. The Hall–Kier alpha value is -1.68. The van der Waals surface area contributed by atoms with Gasteiger partial charge in [-0.15, -0.1) is 0 Å². The van der Waals surface area contributed by atoms with Gasteiger partial charge in [0.1, 0.15) is 11.6 Å². The average Bonchev–Trinajstić information content (AvgIpc) is 2.40. The minimum absolute atomic E-state index is 0.0963. The summed E-state index contributed by atoms with van der Waals surface area (Å²) in [5.74, 6) is 0.744. The minimum atomic E-state index is -0.468. The van der Waals surface area contributed by atoms with Gasteiger partial charge in [0, 0.05) is 18.3 Å². The molecule has 2 rings (SSSR count). The first-order valence-electron chi connectivity index (χ1n) is 5.73. The Labute approximate surface area is 110 Å². The SMILES string of the molecule is CCCNc1ccnc(-c2ccc(Cl)c(F)c2)n1. The van der Waals surface area contributed by atoms with Crippen LogP contribution in [0.5, 0.6) is 0 Å². The van der Waals surface area contributed by atoms with Crippen LogP contribution in [-0.2, 0) is 0 Å². The standard InChI is InChI=1S/C13H13ClFN3/c1-2-6-16-12-5-7-17-13(18-12)9-3-4-10(14)11(15)8-9/h3-5,7-8H,2,6H2,1H3,(H,16,17,18). The maximum atomic E-state index is 13.4. The normalized spacial score (nSPS) is 10.4. The van der Waals surface area contributed by atoms with Gasteiger partial charge < -0.3 is 5.32 Å². The lowest BCUT2D eigenvalue weighted by Crippen LogP contribution is -2.03. The van der Waals surface area contributed by atoms with Gasteiger partial charge in [-0.25, -0.2) is 14.4 Å². The zero-order chi connectivity index (χ0) is 13.0. The molecule has 3 nitrogen and oxygen atoms in total. The van der Waals surface area contributed by atoms with Crippen LogP contribution in [0.15, 0.2) is 30.5 Å². The van der Waals surface area contributed by atoms with E-state index in [1.165, 1.54) is 12.1 Å². The smallest absolute Gasteiger partial charge is 0.161 e. The van der Waals surface area contributed by atoms with Gasteiger partial charge in [0.2, 0.25) is 0 Å². The van der Waals surface area contributed by atoms with Crippen LogP contribution in [0.1, 0.15) is 13.3 Å². The van der Waals surface area contributed by atoms with E-state index in [1.54, 1.807) is 18.3 Å². The third kappa shape index (κ3) is 2.96. The maximum absolute atomic E-state index is 13.4. The third-order valence-electron chi connectivity index (χ3n) is 2.39. The number of nitrogens with zero attached hydrogens (tertiary/aromatic N) is 2. The van der Waals surface area contributed by atoms with Crippen molar-refractivity contribution in [3.63, 3.8) is 0 Å². The summed E-state index contributed by atoms with van der Waals surface area (Å²) in [6, 6.07) is 6.32. The number of benzene rings is 1. The highest BCUT2D eigenvalue weighted by atomic mass is 35.5. The summed E-state index contributed by atoms with van der Waals surface area (Å²) in [4.78, 5) is 8.45. The fourth-order valence-electron chi connectivity index (χ4n) is 1.48. The zero-order valence-electron chi connectivity index (χ0n) is 9.95. The van der Waals surface area contributed by atoms with E-state index in [1.807, 2.05) is 0 Å². The molecule has 94 valence electrons. The largest absolute Gasteiger partial charge is 0.370 e. The van der Waals surface area contributed by atoms with Crippen molar-refractivity contribution in [1.82, 2.24) is 9.97 Å². The molecular formula is C13H13ClFN3. The first-order valence-corrected chi connectivity index (χ1v) is 6.11. The Morgan fingerprint density at radius 3 is 2.89 bits per heavy atom. The maximum Gasteiger partial charge on any atom is 0.161 e. The average molecular weight is 266 g/mol. The van der Waals surface area contributed by atoms with Crippen molar-refractivity contribution < 1.29 is 4.39 Å². The molecule has 0 amide bonds. The summed E-state index contributed by atoms with van der Waals surface area (Å²) in [7, 11) is 0. The lowest BCUT2D eigenvalue weighted by atomic mass is 10.2. The molecule has 5 heteroatoms. The summed E-state index contributed by atoms with van der Waals surface area (Å²) in [6.07, 6.45) is 2.65. The predicted octanol–water partition coefficient (Wildman–Crippen LogP) is 3.76. The summed E-state index contributed by atoms with van der Waals surface area (Å²) in [6.45, 7) is 2.91. The molecule has 0 spiro atoms. The van der Waals surface area contributed by atoms with Gasteiger partial charge in [-0.2, -0.15) is 0 Å². The van der Waals surface area contributed by atoms with Crippen molar-refractivity contribution in [2.24, 2.45) is 0 Å². The molecule has 0 aliphatic heterocycles. The van der Waals surface area contributed by atoms with E-state index in [4.69, 9.17) is 11.6 Å². The Bertz CT molecular complexity index is 546. The van der Waals surface area contributed by atoms with E-state index >= 15 is 0 Å².